The van der Waals surface area contributed by atoms with Crippen LogP contribution in [-0.2, 0) is 0 Å². The number of fused-ring (bicyclic) bond motifs is 6. The van der Waals surface area contributed by atoms with E-state index >= 15 is 0 Å². The van der Waals surface area contributed by atoms with E-state index in [1.54, 1.807) is 0 Å². The lowest BCUT2D eigenvalue weighted by Crippen LogP contribution is -2.09. The van der Waals surface area contributed by atoms with Gasteiger partial charge in [-0.25, -0.2) is 0 Å². The first-order valence-electron chi connectivity index (χ1n) is 15.1. The zero-order valence-corrected chi connectivity index (χ0v) is 24.1. The fourth-order valence-electron chi connectivity index (χ4n) is 6.87. The fourth-order valence-corrected chi connectivity index (χ4v) is 6.87. The van der Waals surface area contributed by atoms with Crippen LogP contribution in [0.2, 0.25) is 0 Å². The summed E-state index contributed by atoms with van der Waals surface area (Å²) in [6, 6.07) is 61.3. The summed E-state index contributed by atoms with van der Waals surface area (Å²) in [5.74, 6) is 0. The van der Waals surface area contributed by atoms with Crippen LogP contribution in [-0.4, -0.2) is 4.40 Å². The normalized spacial score (nSPS) is 11.6. The van der Waals surface area contributed by atoms with E-state index < -0.39 is 0 Å². The lowest BCUT2D eigenvalue weighted by molar-refractivity contribution is 1.28. The smallest absolute Gasteiger partial charge is 0.0620 e. The molecule has 2 heterocycles. The van der Waals surface area contributed by atoms with Crippen molar-refractivity contribution in [2.75, 3.05) is 4.90 Å². The number of hydrogen-bond acceptors (Lipinski definition) is 1. The molecule has 0 unspecified atom stereocenters. The second-order valence-electron chi connectivity index (χ2n) is 11.4. The maximum atomic E-state index is 2.45. The van der Waals surface area contributed by atoms with Crippen LogP contribution in [0.1, 0.15) is 0 Å². The van der Waals surface area contributed by atoms with Crippen molar-refractivity contribution in [2.24, 2.45) is 0 Å². The van der Waals surface area contributed by atoms with Crippen molar-refractivity contribution >= 4 is 55.2 Å². The highest BCUT2D eigenvalue weighted by molar-refractivity contribution is 6.23. The molecular weight excluding hydrogens is 532 g/mol. The second-order valence-corrected chi connectivity index (χ2v) is 11.4. The molecule has 0 saturated carbocycles. The quantitative estimate of drug-likeness (QED) is 0.203. The molecule has 0 aliphatic carbocycles. The molecule has 2 heteroatoms. The first-order valence-corrected chi connectivity index (χ1v) is 15.1. The van der Waals surface area contributed by atoms with E-state index in [0.717, 1.165) is 17.1 Å². The van der Waals surface area contributed by atoms with Crippen molar-refractivity contribution in [1.82, 2.24) is 4.40 Å². The molecule has 9 aromatic rings. The van der Waals surface area contributed by atoms with Gasteiger partial charge in [0.1, 0.15) is 0 Å². The Kier molecular flexibility index (Phi) is 5.54. The molecule has 0 radical (unpaired) electrons. The fraction of sp³-hybridized carbons (Fsp3) is 0. The number of benzene rings is 7. The topological polar surface area (TPSA) is 7.65 Å². The second kappa shape index (κ2) is 9.86. The van der Waals surface area contributed by atoms with Crippen LogP contribution in [0.25, 0.3) is 60.3 Å². The Morgan fingerprint density at radius 1 is 0.318 bits per heavy atom. The van der Waals surface area contributed by atoms with Crippen molar-refractivity contribution in [1.29, 1.82) is 0 Å². The summed E-state index contributed by atoms with van der Waals surface area (Å²) in [6.07, 6.45) is 0. The molecule has 0 aliphatic rings. The third-order valence-corrected chi connectivity index (χ3v) is 8.93. The summed E-state index contributed by atoms with van der Waals surface area (Å²) in [5.41, 5.74) is 12.0. The molecule has 0 spiro atoms. The van der Waals surface area contributed by atoms with Crippen molar-refractivity contribution in [3.8, 4) is 22.3 Å². The van der Waals surface area contributed by atoms with E-state index in [9.17, 15) is 0 Å². The minimum atomic E-state index is 1.12. The molecule has 0 atom stereocenters. The molecule has 9 rings (SSSR count). The Morgan fingerprint density at radius 2 is 0.795 bits per heavy atom. The average Bonchev–Trinajstić information content (AvgIpc) is 3.62. The number of anilines is 3. The van der Waals surface area contributed by atoms with E-state index in [-0.39, 0.29) is 0 Å². The third-order valence-electron chi connectivity index (χ3n) is 8.93. The van der Waals surface area contributed by atoms with Gasteiger partial charge in [-0.3, -0.25) is 0 Å². The Hall–Kier alpha value is -5.86. The molecule has 0 aliphatic heterocycles. The van der Waals surface area contributed by atoms with Crippen LogP contribution in [0.15, 0.2) is 170 Å². The maximum Gasteiger partial charge on any atom is 0.0620 e. The Labute approximate surface area is 256 Å². The minimum absolute atomic E-state index is 1.12. The molecule has 0 amide bonds. The molecule has 7 aromatic carbocycles. The summed E-state index contributed by atoms with van der Waals surface area (Å²) in [5, 5.41) is 5.19. The van der Waals surface area contributed by atoms with E-state index in [1.165, 1.54) is 60.3 Å². The van der Waals surface area contributed by atoms with Gasteiger partial charge in [-0.05, 0) is 64.7 Å². The highest BCUT2D eigenvalue weighted by Crippen LogP contribution is 2.42. The van der Waals surface area contributed by atoms with E-state index in [1.807, 2.05) is 0 Å². The van der Waals surface area contributed by atoms with Crippen LogP contribution in [0.3, 0.4) is 0 Å². The highest BCUT2D eigenvalue weighted by Gasteiger charge is 2.19. The van der Waals surface area contributed by atoms with Crippen molar-refractivity contribution < 1.29 is 0 Å². The van der Waals surface area contributed by atoms with Gasteiger partial charge >= 0.3 is 0 Å². The van der Waals surface area contributed by atoms with E-state index in [4.69, 9.17) is 0 Å². The summed E-state index contributed by atoms with van der Waals surface area (Å²) < 4.78 is 2.45. The van der Waals surface area contributed by atoms with Gasteiger partial charge in [0.25, 0.3) is 0 Å². The zero-order chi connectivity index (χ0) is 29.0. The summed E-state index contributed by atoms with van der Waals surface area (Å²) >= 11 is 0. The predicted molar refractivity (Wildman–Crippen MR) is 187 cm³/mol. The molecular formula is C42H28N2. The summed E-state index contributed by atoms with van der Waals surface area (Å²) in [6.45, 7) is 0. The number of rotatable bonds is 5. The Balaban J connectivity index is 1.16. The first kappa shape index (κ1) is 24.7. The van der Waals surface area contributed by atoms with Crippen LogP contribution in [0.4, 0.5) is 17.1 Å². The molecule has 0 bridgehead atoms. The molecule has 2 aromatic heterocycles. The van der Waals surface area contributed by atoms with Crippen LogP contribution in [0.5, 0.6) is 0 Å². The minimum Gasteiger partial charge on any atom is -0.310 e. The average molecular weight is 561 g/mol. The van der Waals surface area contributed by atoms with Gasteiger partial charge < -0.3 is 9.30 Å². The lowest BCUT2D eigenvalue weighted by Gasteiger charge is -2.26. The lowest BCUT2D eigenvalue weighted by atomic mass is 10.00. The molecule has 0 N–H and O–H groups in total. The van der Waals surface area contributed by atoms with Gasteiger partial charge in [0, 0.05) is 38.6 Å². The third kappa shape index (κ3) is 3.82. The number of nitrogens with zero attached hydrogens (tertiary/aromatic N) is 2. The SMILES string of the molecule is c1ccc(-c2ccc(-c3ccc(N(c4ccccc4)c4ccc5c6cccc7c8ccccc8n(c5c4)c76)cc3)cc2)cc1. The van der Waals surface area contributed by atoms with Crippen molar-refractivity contribution in [3.63, 3.8) is 0 Å². The summed E-state index contributed by atoms with van der Waals surface area (Å²) in [7, 11) is 0. The van der Waals surface area contributed by atoms with Gasteiger partial charge in [0.2, 0.25) is 0 Å². The molecule has 206 valence electrons. The van der Waals surface area contributed by atoms with Gasteiger partial charge in [-0.2, -0.15) is 0 Å². The standard InChI is InChI=1S/C42H28N2/c1-3-10-29(11-4-1)30-18-20-31(21-19-30)32-22-24-34(25-23-32)43(33-12-5-2-6-13-33)35-26-27-37-39-16-9-15-38-36-14-7-8-17-40(36)44(42(38)39)41(37)28-35/h1-28H. The maximum absolute atomic E-state index is 2.45. The number of aromatic nitrogens is 1. The van der Waals surface area contributed by atoms with Crippen LogP contribution >= 0.6 is 0 Å². The van der Waals surface area contributed by atoms with Gasteiger partial charge in [-0.1, -0.05) is 127 Å². The molecule has 0 saturated heterocycles. The van der Waals surface area contributed by atoms with E-state index in [0.29, 0.717) is 0 Å². The van der Waals surface area contributed by atoms with E-state index in [2.05, 4.69) is 179 Å². The first-order chi connectivity index (χ1) is 21.8. The zero-order valence-electron chi connectivity index (χ0n) is 24.1. The van der Waals surface area contributed by atoms with Crippen molar-refractivity contribution in [2.45, 2.75) is 0 Å². The molecule has 44 heavy (non-hydrogen) atoms. The Bertz CT molecular complexity index is 2400. The molecule has 0 fully saturated rings. The van der Waals surface area contributed by atoms with Gasteiger partial charge in [-0.15, -0.1) is 0 Å². The summed E-state index contributed by atoms with van der Waals surface area (Å²) in [4.78, 5) is 2.36. The number of para-hydroxylation sites is 3. The van der Waals surface area contributed by atoms with Gasteiger partial charge in [0.05, 0.1) is 16.6 Å². The highest BCUT2D eigenvalue weighted by atomic mass is 15.1. The van der Waals surface area contributed by atoms with Crippen molar-refractivity contribution in [3.05, 3.63) is 170 Å². The van der Waals surface area contributed by atoms with Crippen LogP contribution < -0.4 is 4.90 Å². The monoisotopic (exact) mass is 560 g/mol. The largest absolute Gasteiger partial charge is 0.310 e. The van der Waals surface area contributed by atoms with Crippen LogP contribution in [0, 0.1) is 0 Å². The Morgan fingerprint density at radius 3 is 1.48 bits per heavy atom. The molecule has 2 nitrogen and oxygen atoms in total. The van der Waals surface area contributed by atoms with Gasteiger partial charge in [0.15, 0.2) is 0 Å². The predicted octanol–water partition coefficient (Wildman–Crippen LogP) is 11.6. The number of hydrogen-bond donors (Lipinski definition) is 0.